The fourth-order valence-corrected chi connectivity index (χ4v) is 3.77. The van der Waals surface area contributed by atoms with E-state index in [1.807, 2.05) is 26.0 Å². The molecular weight excluding hydrogens is 436 g/mol. The van der Waals surface area contributed by atoms with Gasteiger partial charge in [0.1, 0.15) is 0 Å². The van der Waals surface area contributed by atoms with Crippen LogP contribution in [0.2, 0.25) is 0 Å². The van der Waals surface area contributed by atoms with Crippen LogP contribution < -0.4 is 19.7 Å². The Morgan fingerprint density at radius 2 is 1.97 bits per heavy atom. The van der Waals surface area contributed by atoms with Gasteiger partial charge in [-0.1, -0.05) is 15.9 Å². The van der Waals surface area contributed by atoms with Gasteiger partial charge in [0.05, 0.1) is 7.11 Å². The number of carbonyl (C=O) groups is 2. The maximum Gasteiger partial charge on any atom is 0.258 e. The van der Waals surface area contributed by atoms with Gasteiger partial charge in [0.15, 0.2) is 18.1 Å². The Kier molecular flexibility index (Phi) is 6.79. The van der Waals surface area contributed by atoms with Crippen molar-refractivity contribution in [2.45, 2.75) is 32.7 Å². The molecule has 2 aromatic carbocycles. The third-order valence-electron chi connectivity index (χ3n) is 4.62. The van der Waals surface area contributed by atoms with Crippen molar-refractivity contribution >= 4 is 33.4 Å². The number of nitrogens with zero attached hydrogens (tertiary/aromatic N) is 1. The van der Waals surface area contributed by atoms with Gasteiger partial charge in [-0.3, -0.25) is 9.59 Å². The molecular formula is C22H25BrN2O4. The molecule has 1 N–H and O–H groups in total. The van der Waals surface area contributed by atoms with E-state index in [1.54, 1.807) is 23.1 Å². The van der Waals surface area contributed by atoms with Crippen molar-refractivity contribution < 1.29 is 19.1 Å². The summed E-state index contributed by atoms with van der Waals surface area (Å²) < 4.78 is 12.0. The molecule has 1 aliphatic rings. The Morgan fingerprint density at radius 3 is 2.69 bits per heavy atom. The summed E-state index contributed by atoms with van der Waals surface area (Å²) in [7, 11) is 1.51. The summed E-state index contributed by atoms with van der Waals surface area (Å²) in [5, 5.41) is 2.77. The molecule has 0 saturated carbocycles. The fourth-order valence-electron chi connectivity index (χ4n) is 3.36. The number of nitrogens with one attached hydrogen (secondary N) is 1. The largest absolute Gasteiger partial charge is 0.493 e. The van der Waals surface area contributed by atoms with Crippen LogP contribution in [-0.4, -0.2) is 38.1 Å². The third-order valence-corrected chi connectivity index (χ3v) is 5.12. The van der Waals surface area contributed by atoms with Crippen LogP contribution in [0.4, 0.5) is 5.69 Å². The Morgan fingerprint density at radius 1 is 1.17 bits per heavy atom. The van der Waals surface area contributed by atoms with Gasteiger partial charge < -0.3 is 19.7 Å². The second kappa shape index (κ2) is 9.31. The molecule has 0 saturated heterocycles. The standard InChI is InChI=1S/C22H25BrN2O4/c1-14(2)24-21(26)13-29-19-9-6-16(12-20(19)28-3)22(27)25-10-4-5-15-11-17(23)7-8-18(15)25/h6-9,11-12,14H,4-5,10,13H2,1-3H3,(H,24,26). The molecule has 0 aliphatic carbocycles. The van der Waals surface area contributed by atoms with Crippen molar-refractivity contribution in [3.05, 3.63) is 52.0 Å². The predicted octanol–water partition coefficient (Wildman–Crippen LogP) is 3.95. The Hall–Kier alpha value is -2.54. The summed E-state index contributed by atoms with van der Waals surface area (Å²) in [5.74, 6) is 0.543. The zero-order valence-electron chi connectivity index (χ0n) is 16.8. The van der Waals surface area contributed by atoms with E-state index < -0.39 is 0 Å². The smallest absolute Gasteiger partial charge is 0.258 e. The van der Waals surface area contributed by atoms with Crippen molar-refractivity contribution in [3.8, 4) is 11.5 Å². The number of hydrogen-bond acceptors (Lipinski definition) is 4. The molecule has 1 aliphatic heterocycles. The second-order valence-corrected chi connectivity index (χ2v) is 8.13. The lowest BCUT2D eigenvalue weighted by Gasteiger charge is -2.30. The normalized spacial score (nSPS) is 13.1. The van der Waals surface area contributed by atoms with Gasteiger partial charge >= 0.3 is 0 Å². The molecule has 0 fully saturated rings. The molecule has 0 radical (unpaired) electrons. The average Bonchev–Trinajstić information content (AvgIpc) is 2.70. The summed E-state index contributed by atoms with van der Waals surface area (Å²) in [4.78, 5) is 26.8. The minimum absolute atomic E-state index is 0.0426. The number of benzene rings is 2. The highest BCUT2D eigenvalue weighted by molar-refractivity contribution is 9.10. The molecule has 6 nitrogen and oxygen atoms in total. The summed E-state index contributed by atoms with van der Waals surface area (Å²) >= 11 is 3.49. The van der Waals surface area contributed by atoms with E-state index in [2.05, 4.69) is 27.3 Å². The lowest BCUT2D eigenvalue weighted by molar-refractivity contribution is -0.123. The van der Waals surface area contributed by atoms with Crippen LogP contribution in [-0.2, 0) is 11.2 Å². The van der Waals surface area contributed by atoms with Crippen LogP contribution in [0, 0.1) is 0 Å². The molecule has 1 heterocycles. The molecule has 2 aromatic rings. The Bertz CT molecular complexity index is 914. The number of aryl methyl sites for hydroxylation is 1. The molecule has 29 heavy (non-hydrogen) atoms. The van der Waals surface area contributed by atoms with Crippen molar-refractivity contribution in [1.82, 2.24) is 5.32 Å². The molecule has 0 unspecified atom stereocenters. The molecule has 0 aromatic heterocycles. The number of carbonyl (C=O) groups excluding carboxylic acids is 2. The number of rotatable bonds is 6. The number of anilines is 1. The fraction of sp³-hybridized carbons (Fsp3) is 0.364. The topological polar surface area (TPSA) is 67.9 Å². The lowest BCUT2D eigenvalue weighted by atomic mass is 10.0. The predicted molar refractivity (Wildman–Crippen MR) is 116 cm³/mol. The summed E-state index contributed by atoms with van der Waals surface area (Å²) in [5.41, 5.74) is 2.60. The number of methoxy groups -OCH3 is 1. The van der Waals surface area contributed by atoms with Crippen molar-refractivity contribution in [2.75, 3.05) is 25.2 Å². The van der Waals surface area contributed by atoms with E-state index in [9.17, 15) is 9.59 Å². The highest BCUT2D eigenvalue weighted by Crippen LogP contribution is 2.33. The van der Waals surface area contributed by atoms with Crippen LogP contribution in [0.15, 0.2) is 40.9 Å². The number of ether oxygens (including phenoxy) is 2. The van der Waals surface area contributed by atoms with Gasteiger partial charge in [0, 0.05) is 28.3 Å². The summed E-state index contributed by atoms with van der Waals surface area (Å²) in [6.07, 6.45) is 1.87. The first-order valence-corrected chi connectivity index (χ1v) is 10.4. The van der Waals surface area contributed by atoms with Crippen molar-refractivity contribution in [1.29, 1.82) is 0 Å². The van der Waals surface area contributed by atoms with Crippen molar-refractivity contribution in [3.63, 3.8) is 0 Å². The molecule has 154 valence electrons. The summed E-state index contributed by atoms with van der Waals surface area (Å²) in [6, 6.07) is 11.1. The van der Waals surface area contributed by atoms with Gasteiger partial charge in [0.2, 0.25) is 0 Å². The van der Waals surface area contributed by atoms with Gasteiger partial charge in [-0.2, -0.15) is 0 Å². The van der Waals surface area contributed by atoms with E-state index >= 15 is 0 Å². The van der Waals surface area contributed by atoms with E-state index in [0.29, 0.717) is 23.6 Å². The van der Waals surface area contributed by atoms with Gasteiger partial charge in [-0.15, -0.1) is 0 Å². The molecule has 3 rings (SSSR count). The van der Waals surface area contributed by atoms with E-state index in [4.69, 9.17) is 9.47 Å². The quantitative estimate of drug-likeness (QED) is 0.708. The molecule has 0 spiro atoms. The average molecular weight is 461 g/mol. The van der Waals surface area contributed by atoms with E-state index in [0.717, 1.165) is 28.6 Å². The van der Waals surface area contributed by atoms with Crippen molar-refractivity contribution in [2.24, 2.45) is 0 Å². The zero-order valence-corrected chi connectivity index (χ0v) is 18.4. The molecule has 0 atom stereocenters. The molecule has 2 amide bonds. The second-order valence-electron chi connectivity index (χ2n) is 7.21. The van der Waals surface area contributed by atoms with Crippen LogP contribution in [0.3, 0.4) is 0 Å². The number of halogens is 1. The minimum Gasteiger partial charge on any atom is -0.493 e. The number of fused-ring (bicyclic) bond motifs is 1. The number of amides is 2. The van der Waals surface area contributed by atoms with E-state index in [1.165, 1.54) is 7.11 Å². The monoisotopic (exact) mass is 460 g/mol. The lowest BCUT2D eigenvalue weighted by Crippen LogP contribution is -2.35. The molecule has 0 bridgehead atoms. The highest BCUT2D eigenvalue weighted by Gasteiger charge is 2.24. The Balaban J connectivity index is 1.78. The maximum atomic E-state index is 13.2. The molecule has 7 heteroatoms. The van der Waals surface area contributed by atoms with Crippen LogP contribution >= 0.6 is 15.9 Å². The highest BCUT2D eigenvalue weighted by atomic mass is 79.9. The first kappa shape index (κ1) is 21.2. The Labute approximate surface area is 179 Å². The van der Waals surface area contributed by atoms with Gasteiger partial charge in [-0.05, 0) is 68.7 Å². The van der Waals surface area contributed by atoms with Gasteiger partial charge in [0.25, 0.3) is 11.8 Å². The maximum absolute atomic E-state index is 13.2. The zero-order chi connectivity index (χ0) is 21.0. The van der Waals surface area contributed by atoms with Gasteiger partial charge in [-0.25, -0.2) is 0 Å². The number of hydrogen-bond donors (Lipinski definition) is 1. The van der Waals surface area contributed by atoms with Crippen LogP contribution in [0.1, 0.15) is 36.2 Å². The first-order valence-electron chi connectivity index (χ1n) is 9.59. The van der Waals surface area contributed by atoms with Crippen LogP contribution in [0.5, 0.6) is 11.5 Å². The first-order chi connectivity index (χ1) is 13.9. The minimum atomic E-state index is -0.210. The summed E-state index contributed by atoms with van der Waals surface area (Å²) in [6.45, 7) is 4.33. The van der Waals surface area contributed by atoms with Crippen LogP contribution in [0.25, 0.3) is 0 Å². The van der Waals surface area contributed by atoms with E-state index in [-0.39, 0.29) is 24.5 Å². The SMILES string of the molecule is COc1cc(C(=O)N2CCCc3cc(Br)ccc32)ccc1OCC(=O)NC(C)C. The third kappa shape index (κ3) is 5.09.